The number of carbonyl (C=O) groups is 2. The van der Waals surface area contributed by atoms with Crippen LogP contribution in [0.15, 0.2) is 18.2 Å². The number of hydrogen-bond donors (Lipinski definition) is 2. The number of hydrogen-bond acceptors (Lipinski definition) is 3. The van der Waals surface area contributed by atoms with Crippen LogP contribution in [0, 0.1) is 11.3 Å². The minimum absolute atomic E-state index is 0.323. The van der Waals surface area contributed by atoms with E-state index < -0.39 is 11.9 Å². The van der Waals surface area contributed by atoms with Gasteiger partial charge in [0.15, 0.2) is 0 Å². The summed E-state index contributed by atoms with van der Waals surface area (Å²) in [4.78, 5) is 25.1. The lowest BCUT2D eigenvalue weighted by Crippen LogP contribution is -2.45. The second-order valence-electron chi connectivity index (χ2n) is 5.02. The van der Waals surface area contributed by atoms with Gasteiger partial charge in [-0.25, -0.2) is 4.79 Å². The van der Waals surface area contributed by atoms with E-state index in [2.05, 4.69) is 11.4 Å². The van der Waals surface area contributed by atoms with Crippen LogP contribution in [0.2, 0.25) is 0 Å². The summed E-state index contributed by atoms with van der Waals surface area (Å²) >= 11 is 0. The van der Waals surface area contributed by atoms with E-state index in [4.69, 9.17) is 11.0 Å². The molecule has 3 amide bonds. The highest BCUT2D eigenvalue weighted by atomic mass is 16.2. The van der Waals surface area contributed by atoms with Gasteiger partial charge in [-0.15, -0.1) is 0 Å². The lowest BCUT2D eigenvalue weighted by atomic mass is 10.1. The van der Waals surface area contributed by atoms with Crippen molar-refractivity contribution < 1.29 is 9.59 Å². The first-order valence-corrected chi connectivity index (χ1v) is 6.96. The Hall–Kier alpha value is -2.55. The van der Waals surface area contributed by atoms with Crippen LogP contribution >= 0.6 is 0 Å². The van der Waals surface area contributed by atoms with Crippen molar-refractivity contribution >= 4 is 17.6 Å². The average Bonchev–Trinajstić information content (AvgIpc) is 2.97. The van der Waals surface area contributed by atoms with Gasteiger partial charge in [-0.1, -0.05) is 6.92 Å². The van der Waals surface area contributed by atoms with E-state index in [-0.39, 0.29) is 6.03 Å². The number of anilines is 1. The molecule has 0 saturated carbocycles. The monoisotopic (exact) mass is 286 g/mol. The van der Waals surface area contributed by atoms with Crippen LogP contribution in [0.3, 0.4) is 0 Å². The molecule has 2 rings (SSSR count). The molecule has 1 saturated heterocycles. The molecule has 0 spiro atoms. The Kier molecular flexibility index (Phi) is 4.43. The van der Waals surface area contributed by atoms with Gasteiger partial charge >= 0.3 is 6.03 Å². The minimum atomic E-state index is -0.534. The molecule has 1 fully saturated rings. The number of urea groups is 1. The maximum Gasteiger partial charge on any atom is 0.322 e. The standard InChI is InChI=1S/C15H18N4O2/c1-2-11-8-10(9-16)5-6-12(11)18-15(21)19-7-3-4-13(19)14(17)20/h5-6,8,13H,2-4,7H2,1H3,(H2,17,20)(H,18,21)/t13-/m1/s1. The molecule has 0 unspecified atom stereocenters. The number of nitriles is 1. The summed E-state index contributed by atoms with van der Waals surface area (Å²) < 4.78 is 0. The molecule has 6 heteroatoms. The Bertz CT molecular complexity index is 606. The normalized spacial score (nSPS) is 17.3. The third kappa shape index (κ3) is 3.14. The van der Waals surface area contributed by atoms with Crippen LogP contribution in [-0.2, 0) is 11.2 Å². The van der Waals surface area contributed by atoms with E-state index in [1.807, 2.05) is 6.92 Å². The molecule has 0 bridgehead atoms. The molecular weight excluding hydrogens is 268 g/mol. The highest BCUT2D eigenvalue weighted by Gasteiger charge is 2.32. The summed E-state index contributed by atoms with van der Waals surface area (Å²) in [6, 6.07) is 6.34. The number of aryl methyl sites for hydroxylation is 1. The van der Waals surface area contributed by atoms with E-state index in [0.29, 0.717) is 30.6 Å². The molecule has 1 atom stereocenters. The summed E-state index contributed by atoms with van der Waals surface area (Å²) in [6.07, 6.45) is 2.08. The number of nitrogens with one attached hydrogen (secondary N) is 1. The molecule has 0 radical (unpaired) electrons. The summed E-state index contributed by atoms with van der Waals surface area (Å²) in [5.41, 5.74) is 7.42. The van der Waals surface area contributed by atoms with Crippen LogP contribution in [0.25, 0.3) is 0 Å². The molecule has 6 nitrogen and oxygen atoms in total. The number of carbonyl (C=O) groups excluding carboxylic acids is 2. The van der Waals surface area contributed by atoms with Crippen molar-refractivity contribution in [1.82, 2.24) is 4.90 Å². The van der Waals surface area contributed by atoms with Crippen LogP contribution in [0.1, 0.15) is 30.9 Å². The van der Waals surface area contributed by atoms with E-state index in [9.17, 15) is 9.59 Å². The smallest absolute Gasteiger partial charge is 0.322 e. The second-order valence-corrected chi connectivity index (χ2v) is 5.02. The van der Waals surface area contributed by atoms with Crippen LogP contribution in [0.5, 0.6) is 0 Å². The molecule has 0 aromatic heterocycles. The zero-order valence-electron chi connectivity index (χ0n) is 11.9. The van der Waals surface area contributed by atoms with Crippen molar-refractivity contribution in [1.29, 1.82) is 5.26 Å². The quantitative estimate of drug-likeness (QED) is 0.882. The lowest BCUT2D eigenvalue weighted by molar-refractivity contribution is -0.121. The highest BCUT2D eigenvalue weighted by molar-refractivity contribution is 5.94. The Balaban J connectivity index is 2.16. The Morgan fingerprint density at radius 1 is 1.52 bits per heavy atom. The fraction of sp³-hybridized carbons (Fsp3) is 0.400. The molecule has 0 aliphatic carbocycles. The molecule has 110 valence electrons. The number of rotatable bonds is 3. The fourth-order valence-electron chi connectivity index (χ4n) is 2.57. The molecular formula is C15H18N4O2. The van der Waals surface area contributed by atoms with Gasteiger partial charge in [0.1, 0.15) is 6.04 Å². The van der Waals surface area contributed by atoms with E-state index in [1.54, 1.807) is 18.2 Å². The van der Waals surface area contributed by atoms with E-state index in [0.717, 1.165) is 12.0 Å². The van der Waals surface area contributed by atoms with Gasteiger partial charge in [0.25, 0.3) is 0 Å². The third-order valence-electron chi connectivity index (χ3n) is 3.70. The predicted molar refractivity (Wildman–Crippen MR) is 78.5 cm³/mol. The van der Waals surface area contributed by atoms with Crippen molar-refractivity contribution in [3.05, 3.63) is 29.3 Å². The zero-order valence-corrected chi connectivity index (χ0v) is 11.9. The van der Waals surface area contributed by atoms with Gasteiger partial charge in [-0.3, -0.25) is 4.79 Å². The molecule has 1 aromatic rings. The Morgan fingerprint density at radius 3 is 2.90 bits per heavy atom. The number of benzene rings is 1. The first kappa shape index (κ1) is 14.9. The van der Waals surface area contributed by atoms with Gasteiger partial charge < -0.3 is 16.0 Å². The van der Waals surface area contributed by atoms with Crippen molar-refractivity contribution in [3.63, 3.8) is 0 Å². The van der Waals surface area contributed by atoms with Gasteiger partial charge in [0.05, 0.1) is 11.6 Å². The first-order valence-electron chi connectivity index (χ1n) is 6.96. The van der Waals surface area contributed by atoms with Crippen LogP contribution < -0.4 is 11.1 Å². The molecule has 1 heterocycles. The second kappa shape index (κ2) is 6.27. The summed E-state index contributed by atoms with van der Waals surface area (Å²) in [7, 11) is 0. The summed E-state index contributed by atoms with van der Waals surface area (Å²) in [6.45, 7) is 2.48. The molecule has 3 N–H and O–H groups in total. The van der Waals surface area contributed by atoms with Crippen molar-refractivity contribution in [2.45, 2.75) is 32.2 Å². The zero-order chi connectivity index (χ0) is 15.4. The number of likely N-dealkylation sites (tertiary alicyclic amines) is 1. The summed E-state index contributed by atoms with van der Waals surface area (Å²) in [5.74, 6) is -0.474. The Morgan fingerprint density at radius 2 is 2.29 bits per heavy atom. The van der Waals surface area contributed by atoms with Crippen molar-refractivity contribution in [2.24, 2.45) is 5.73 Å². The maximum atomic E-state index is 12.3. The van der Waals surface area contributed by atoms with Crippen molar-refractivity contribution in [3.8, 4) is 6.07 Å². The third-order valence-corrected chi connectivity index (χ3v) is 3.70. The Labute approximate surface area is 123 Å². The topological polar surface area (TPSA) is 99.2 Å². The van der Waals surface area contributed by atoms with Crippen molar-refractivity contribution in [2.75, 3.05) is 11.9 Å². The molecule has 1 aromatic carbocycles. The molecule has 21 heavy (non-hydrogen) atoms. The van der Waals surface area contributed by atoms with Crippen LogP contribution in [0.4, 0.5) is 10.5 Å². The van der Waals surface area contributed by atoms with E-state index >= 15 is 0 Å². The van der Waals surface area contributed by atoms with Gasteiger partial charge in [0.2, 0.25) is 5.91 Å². The highest BCUT2D eigenvalue weighted by Crippen LogP contribution is 2.22. The minimum Gasteiger partial charge on any atom is -0.368 e. The number of nitrogens with two attached hydrogens (primary N) is 1. The van der Waals surface area contributed by atoms with Gasteiger partial charge in [0, 0.05) is 12.2 Å². The average molecular weight is 286 g/mol. The maximum absolute atomic E-state index is 12.3. The fourth-order valence-corrected chi connectivity index (χ4v) is 2.57. The SMILES string of the molecule is CCc1cc(C#N)ccc1NC(=O)N1CCC[C@@H]1C(N)=O. The number of amides is 3. The van der Waals surface area contributed by atoms with Crippen LogP contribution in [-0.4, -0.2) is 29.4 Å². The molecule has 1 aliphatic heterocycles. The van der Waals surface area contributed by atoms with Gasteiger partial charge in [-0.05, 0) is 43.0 Å². The largest absolute Gasteiger partial charge is 0.368 e. The molecule has 1 aliphatic rings. The first-order chi connectivity index (χ1) is 10.1. The number of primary amides is 1. The lowest BCUT2D eigenvalue weighted by Gasteiger charge is -2.23. The predicted octanol–water partition coefficient (Wildman–Crippen LogP) is 1.60. The number of nitrogens with zero attached hydrogens (tertiary/aromatic N) is 2. The van der Waals surface area contributed by atoms with Gasteiger partial charge in [-0.2, -0.15) is 5.26 Å². The summed E-state index contributed by atoms with van der Waals surface area (Å²) in [5, 5.41) is 11.7. The van der Waals surface area contributed by atoms with E-state index in [1.165, 1.54) is 4.90 Å².